The molecule has 0 bridgehead atoms. The third-order valence-corrected chi connectivity index (χ3v) is 0.398. The molecule has 0 heterocycles. The van der Waals surface area contributed by atoms with Gasteiger partial charge in [-0.05, 0) is 0 Å². The van der Waals surface area contributed by atoms with Gasteiger partial charge >= 0.3 is 12.0 Å². The summed E-state index contributed by atoms with van der Waals surface area (Å²) >= 11 is 0. The lowest BCUT2D eigenvalue weighted by Gasteiger charge is -1.93. The molecular formula is C4H4F2O3. The van der Waals surface area contributed by atoms with Crippen LogP contribution in [0, 0.1) is 0 Å². The zero-order valence-corrected chi connectivity index (χ0v) is 4.21. The van der Waals surface area contributed by atoms with Crippen LogP contribution in [0.5, 0.6) is 0 Å². The van der Waals surface area contributed by atoms with E-state index in [2.05, 4.69) is 4.74 Å². The van der Waals surface area contributed by atoms with Gasteiger partial charge in [0, 0.05) is 0 Å². The SMILES string of the molecule is OC=C(F)OC(F)=CO. The summed E-state index contributed by atoms with van der Waals surface area (Å²) in [4.78, 5) is 0. The molecule has 9 heavy (non-hydrogen) atoms. The summed E-state index contributed by atoms with van der Waals surface area (Å²) in [6, 6.07) is -3.06. The summed E-state index contributed by atoms with van der Waals surface area (Å²) in [5.41, 5.74) is 0. The van der Waals surface area contributed by atoms with Gasteiger partial charge in [-0.25, -0.2) is 0 Å². The molecule has 0 aromatic rings. The van der Waals surface area contributed by atoms with Gasteiger partial charge in [0.25, 0.3) is 0 Å². The second-order valence-corrected chi connectivity index (χ2v) is 0.968. The third kappa shape index (κ3) is 3.33. The fourth-order valence-corrected chi connectivity index (χ4v) is 0.146. The predicted molar refractivity (Wildman–Crippen MR) is 24.7 cm³/mol. The van der Waals surface area contributed by atoms with E-state index >= 15 is 0 Å². The molecule has 0 aromatic carbocycles. The Morgan fingerprint density at radius 2 is 1.44 bits per heavy atom. The van der Waals surface area contributed by atoms with Gasteiger partial charge in [0.05, 0.1) is 0 Å². The summed E-state index contributed by atoms with van der Waals surface area (Å²) in [6.45, 7) is 0. The molecule has 52 valence electrons. The van der Waals surface area contributed by atoms with Crippen LogP contribution in [0.2, 0.25) is 0 Å². The lowest BCUT2D eigenvalue weighted by atomic mass is 10.9. The number of aliphatic hydroxyl groups is 2. The lowest BCUT2D eigenvalue weighted by Crippen LogP contribution is -1.82. The molecule has 2 N–H and O–H groups in total. The fraction of sp³-hybridized carbons (Fsp3) is 0. The quantitative estimate of drug-likeness (QED) is 0.570. The van der Waals surface area contributed by atoms with E-state index in [-0.39, 0.29) is 12.5 Å². The molecule has 0 fully saturated rings. The van der Waals surface area contributed by atoms with Crippen molar-refractivity contribution in [2.24, 2.45) is 0 Å². The Morgan fingerprint density at radius 1 is 1.11 bits per heavy atom. The van der Waals surface area contributed by atoms with Crippen LogP contribution in [0.15, 0.2) is 24.6 Å². The zero-order chi connectivity index (χ0) is 7.28. The normalized spacial score (nSPS) is 13.6. The highest BCUT2D eigenvalue weighted by atomic mass is 19.2. The number of aliphatic hydroxyl groups excluding tert-OH is 2. The minimum Gasteiger partial charge on any atom is -0.509 e. The van der Waals surface area contributed by atoms with Gasteiger partial charge in [-0.1, -0.05) is 0 Å². The third-order valence-electron chi connectivity index (χ3n) is 0.398. The second-order valence-electron chi connectivity index (χ2n) is 0.968. The van der Waals surface area contributed by atoms with E-state index < -0.39 is 12.0 Å². The first-order valence-electron chi connectivity index (χ1n) is 1.88. The van der Waals surface area contributed by atoms with E-state index in [0.29, 0.717) is 0 Å². The Morgan fingerprint density at radius 3 is 1.67 bits per heavy atom. The van der Waals surface area contributed by atoms with E-state index in [1.807, 2.05) is 0 Å². The van der Waals surface area contributed by atoms with Gasteiger partial charge in [0.15, 0.2) is 12.5 Å². The monoisotopic (exact) mass is 138 g/mol. The van der Waals surface area contributed by atoms with Crippen molar-refractivity contribution in [2.45, 2.75) is 0 Å². The molecule has 3 nitrogen and oxygen atoms in total. The molecule has 0 spiro atoms. The fourth-order valence-electron chi connectivity index (χ4n) is 0.146. The van der Waals surface area contributed by atoms with E-state index in [0.717, 1.165) is 0 Å². The first-order chi connectivity index (χ1) is 4.20. The first-order valence-corrected chi connectivity index (χ1v) is 1.88. The Kier molecular flexibility index (Phi) is 3.19. The van der Waals surface area contributed by atoms with Gasteiger partial charge in [-0.15, -0.1) is 0 Å². The number of rotatable bonds is 2. The highest BCUT2D eigenvalue weighted by molar-refractivity contribution is 4.81. The van der Waals surface area contributed by atoms with Crippen LogP contribution in [-0.2, 0) is 4.74 Å². The topological polar surface area (TPSA) is 49.7 Å². The first kappa shape index (κ1) is 7.74. The molecule has 0 saturated carbocycles. The van der Waals surface area contributed by atoms with Crippen molar-refractivity contribution in [1.82, 2.24) is 0 Å². The van der Waals surface area contributed by atoms with Crippen LogP contribution < -0.4 is 0 Å². The Balaban J connectivity index is 3.75. The summed E-state index contributed by atoms with van der Waals surface area (Å²) in [7, 11) is 0. The van der Waals surface area contributed by atoms with Crippen LogP contribution in [0.4, 0.5) is 8.78 Å². The lowest BCUT2D eigenvalue weighted by molar-refractivity contribution is 0.133. The molecule has 0 aliphatic carbocycles. The molecule has 0 aliphatic heterocycles. The number of ether oxygens (including phenoxy) is 1. The van der Waals surface area contributed by atoms with Crippen LogP contribution in [0.3, 0.4) is 0 Å². The van der Waals surface area contributed by atoms with Crippen molar-refractivity contribution in [3.63, 3.8) is 0 Å². The largest absolute Gasteiger partial charge is 0.509 e. The molecule has 5 heteroatoms. The van der Waals surface area contributed by atoms with Crippen molar-refractivity contribution in [1.29, 1.82) is 0 Å². The van der Waals surface area contributed by atoms with E-state index in [1.54, 1.807) is 0 Å². The average Bonchev–Trinajstić information content (AvgIpc) is 1.87. The van der Waals surface area contributed by atoms with Gasteiger partial charge in [0.2, 0.25) is 0 Å². The zero-order valence-electron chi connectivity index (χ0n) is 4.21. The van der Waals surface area contributed by atoms with Crippen LogP contribution in [-0.4, -0.2) is 10.2 Å². The van der Waals surface area contributed by atoms with Crippen molar-refractivity contribution < 1.29 is 23.7 Å². The Bertz CT molecular complexity index is 125. The highest BCUT2D eigenvalue weighted by Gasteiger charge is 1.98. The molecule has 0 rings (SSSR count). The Labute approximate surface area is 49.5 Å². The number of halogens is 2. The van der Waals surface area contributed by atoms with Gasteiger partial charge in [-0.2, -0.15) is 8.78 Å². The maximum Gasteiger partial charge on any atom is 0.315 e. The van der Waals surface area contributed by atoms with E-state index in [1.165, 1.54) is 0 Å². The van der Waals surface area contributed by atoms with Crippen LogP contribution in [0.25, 0.3) is 0 Å². The van der Waals surface area contributed by atoms with Gasteiger partial charge < -0.3 is 14.9 Å². The molecule has 0 radical (unpaired) electrons. The van der Waals surface area contributed by atoms with Crippen molar-refractivity contribution in [3.05, 3.63) is 24.6 Å². The maximum atomic E-state index is 11.6. The molecule has 0 saturated heterocycles. The Hall–Kier alpha value is -1.26. The van der Waals surface area contributed by atoms with Crippen LogP contribution in [0.1, 0.15) is 0 Å². The minimum atomic E-state index is -1.53. The summed E-state index contributed by atoms with van der Waals surface area (Å²) < 4.78 is 26.6. The standard InChI is InChI=1S/C4H4F2O3/c5-3(1-7)9-4(6)2-8/h1-2,7-8H. The predicted octanol–water partition coefficient (Wildman–Crippen LogP) is 1.66. The molecule has 0 amide bonds. The molecular weight excluding hydrogens is 134 g/mol. The van der Waals surface area contributed by atoms with Crippen molar-refractivity contribution in [3.8, 4) is 0 Å². The summed E-state index contributed by atoms with van der Waals surface area (Å²) in [5.74, 6) is 0. The van der Waals surface area contributed by atoms with Gasteiger partial charge in [-0.3, -0.25) is 0 Å². The summed E-state index contributed by atoms with van der Waals surface area (Å²) in [6.07, 6.45) is -0.161. The number of hydrogen-bond donors (Lipinski definition) is 2. The molecule has 0 atom stereocenters. The molecule has 0 unspecified atom stereocenters. The smallest absolute Gasteiger partial charge is 0.315 e. The number of hydrogen-bond acceptors (Lipinski definition) is 3. The summed E-state index contributed by atoms with van der Waals surface area (Å²) in [5, 5.41) is 15.5. The van der Waals surface area contributed by atoms with Gasteiger partial charge in [0.1, 0.15) is 0 Å². The van der Waals surface area contributed by atoms with E-state index in [9.17, 15) is 8.78 Å². The van der Waals surface area contributed by atoms with Crippen molar-refractivity contribution in [2.75, 3.05) is 0 Å². The highest BCUT2D eigenvalue weighted by Crippen LogP contribution is 2.06. The van der Waals surface area contributed by atoms with Crippen LogP contribution >= 0.6 is 0 Å². The van der Waals surface area contributed by atoms with Crippen molar-refractivity contribution >= 4 is 0 Å². The molecule has 0 aliphatic rings. The minimum absolute atomic E-state index is 0.0803. The average molecular weight is 138 g/mol. The molecule has 0 aromatic heterocycles. The second kappa shape index (κ2) is 3.71. The van der Waals surface area contributed by atoms with E-state index in [4.69, 9.17) is 10.2 Å². The maximum absolute atomic E-state index is 11.6.